The monoisotopic (exact) mass is 325 g/mol. The number of carbonyl (C=O) groups is 1. The summed E-state index contributed by atoms with van der Waals surface area (Å²) < 4.78 is 14.5. The van der Waals surface area contributed by atoms with Crippen LogP contribution in [0.1, 0.15) is 17.3 Å². The molecule has 1 heterocycles. The van der Waals surface area contributed by atoms with Crippen molar-refractivity contribution in [2.75, 3.05) is 0 Å². The molecule has 0 atom stereocenters. The normalized spacial score (nSPS) is 10.4. The van der Waals surface area contributed by atoms with E-state index in [4.69, 9.17) is 0 Å². The first-order chi connectivity index (χ1) is 8.58. The number of carbonyl (C=O) groups excluding carboxylic acids is 1. The molecule has 5 heteroatoms. The van der Waals surface area contributed by atoms with Crippen LogP contribution in [0, 0.1) is 5.82 Å². The maximum absolute atomic E-state index is 13.6. The van der Waals surface area contributed by atoms with Crippen molar-refractivity contribution in [1.29, 1.82) is 0 Å². The Hall–Kier alpha value is -1.20. The van der Waals surface area contributed by atoms with Crippen molar-refractivity contribution in [3.8, 4) is 0 Å². The molecule has 0 aliphatic heterocycles. The predicted molar refractivity (Wildman–Crippen MR) is 72.5 cm³/mol. The first kappa shape index (κ1) is 13.2. The molecule has 0 N–H and O–H groups in total. The summed E-state index contributed by atoms with van der Waals surface area (Å²) in [6.07, 6.45) is 1.66. The summed E-state index contributed by atoms with van der Waals surface area (Å²) in [5.74, 6) is -0.780. The zero-order valence-electron chi connectivity index (χ0n) is 9.48. The molecule has 0 amide bonds. The maximum Gasteiger partial charge on any atom is 0.163 e. The average Bonchev–Trinajstić information content (AvgIpc) is 2.32. The van der Waals surface area contributed by atoms with Crippen LogP contribution in [0.25, 0.3) is 0 Å². The zero-order chi connectivity index (χ0) is 13.1. The second-order valence-corrected chi connectivity index (χ2v) is 5.56. The van der Waals surface area contributed by atoms with Crippen LogP contribution in [-0.4, -0.2) is 10.8 Å². The van der Waals surface area contributed by atoms with Gasteiger partial charge in [0.15, 0.2) is 5.78 Å². The molecule has 1 aromatic carbocycles. The summed E-state index contributed by atoms with van der Waals surface area (Å²) >= 11 is 4.57. The van der Waals surface area contributed by atoms with Gasteiger partial charge in [-0.1, -0.05) is 17.8 Å². The number of Topliss-reactive ketones (excluding diaryl/α,β-unsaturated/α-hetero) is 1. The van der Waals surface area contributed by atoms with Gasteiger partial charge in [-0.15, -0.1) is 0 Å². The van der Waals surface area contributed by atoms with E-state index in [1.54, 1.807) is 18.3 Å². The Kier molecular flexibility index (Phi) is 4.14. The number of nitrogens with zero attached hydrogens (tertiary/aromatic N) is 1. The summed E-state index contributed by atoms with van der Waals surface area (Å²) in [7, 11) is 0. The lowest BCUT2D eigenvalue weighted by Gasteiger charge is -2.06. The number of hydrogen-bond acceptors (Lipinski definition) is 3. The van der Waals surface area contributed by atoms with Crippen molar-refractivity contribution in [3.63, 3.8) is 0 Å². The van der Waals surface area contributed by atoms with Crippen molar-refractivity contribution in [2.45, 2.75) is 16.8 Å². The highest BCUT2D eigenvalue weighted by atomic mass is 79.9. The first-order valence-electron chi connectivity index (χ1n) is 5.17. The third kappa shape index (κ3) is 2.97. The molecule has 0 spiro atoms. The molecule has 1 aromatic heterocycles. The van der Waals surface area contributed by atoms with E-state index in [9.17, 15) is 9.18 Å². The average molecular weight is 326 g/mol. The fourth-order valence-electron chi connectivity index (χ4n) is 1.47. The molecule has 0 saturated carbocycles. The molecule has 0 fully saturated rings. The molecule has 0 unspecified atom stereocenters. The number of halogens is 2. The molecule has 0 bridgehead atoms. The topological polar surface area (TPSA) is 30.0 Å². The third-order valence-corrected chi connectivity index (χ3v) is 3.72. The number of aromatic nitrogens is 1. The largest absolute Gasteiger partial charge is 0.294 e. The molecular weight excluding hydrogens is 317 g/mol. The van der Waals surface area contributed by atoms with Crippen molar-refractivity contribution in [1.82, 2.24) is 4.98 Å². The van der Waals surface area contributed by atoms with E-state index in [2.05, 4.69) is 20.9 Å². The Morgan fingerprint density at radius 1 is 1.33 bits per heavy atom. The molecule has 0 radical (unpaired) electrons. The Morgan fingerprint density at radius 3 is 2.72 bits per heavy atom. The van der Waals surface area contributed by atoms with Crippen LogP contribution in [0.4, 0.5) is 4.39 Å². The lowest BCUT2D eigenvalue weighted by molar-refractivity contribution is 0.101. The number of hydrogen-bond donors (Lipinski definition) is 0. The summed E-state index contributed by atoms with van der Waals surface area (Å²) in [6.45, 7) is 1.36. The van der Waals surface area contributed by atoms with E-state index < -0.39 is 5.82 Å². The summed E-state index contributed by atoms with van der Waals surface area (Å²) in [5, 5.41) is 0.714. The van der Waals surface area contributed by atoms with E-state index in [1.165, 1.54) is 24.8 Å². The van der Waals surface area contributed by atoms with Crippen LogP contribution in [-0.2, 0) is 0 Å². The van der Waals surface area contributed by atoms with E-state index >= 15 is 0 Å². The Labute approximate surface area is 117 Å². The fraction of sp³-hybridized carbons (Fsp3) is 0.0769. The zero-order valence-corrected chi connectivity index (χ0v) is 11.9. The number of rotatable bonds is 3. The van der Waals surface area contributed by atoms with Gasteiger partial charge in [0.1, 0.15) is 10.8 Å². The van der Waals surface area contributed by atoms with Gasteiger partial charge in [-0.3, -0.25) is 4.79 Å². The van der Waals surface area contributed by atoms with Crippen molar-refractivity contribution in [2.24, 2.45) is 0 Å². The molecule has 0 saturated heterocycles. The van der Waals surface area contributed by atoms with E-state index in [1.807, 2.05) is 12.1 Å². The van der Waals surface area contributed by atoms with Gasteiger partial charge in [0.25, 0.3) is 0 Å². The highest BCUT2D eigenvalue weighted by molar-refractivity contribution is 9.10. The van der Waals surface area contributed by atoms with Gasteiger partial charge < -0.3 is 0 Å². The minimum absolute atomic E-state index is 0.118. The van der Waals surface area contributed by atoms with Crippen LogP contribution in [0.15, 0.2) is 50.9 Å². The second-order valence-electron chi connectivity index (χ2n) is 3.59. The highest BCUT2D eigenvalue weighted by Gasteiger charge is 2.14. The van der Waals surface area contributed by atoms with Gasteiger partial charge in [-0.05, 0) is 47.1 Å². The molecule has 2 aromatic rings. The molecule has 2 rings (SSSR count). The quantitative estimate of drug-likeness (QED) is 0.786. The summed E-state index contributed by atoms with van der Waals surface area (Å²) in [4.78, 5) is 16.2. The molecule has 0 aliphatic rings. The molecule has 92 valence electrons. The Balaban J connectivity index is 2.37. The van der Waals surface area contributed by atoms with Crippen LogP contribution >= 0.6 is 27.7 Å². The summed E-state index contributed by atoms with van der Waals surface area (Å²) in [5.41, 5.74) is 0.118. The molecular formula is C13H9BrFNOS. The number of ketones is 1. The Morgan fingerprint density at radius 2 is 2.11 bits per heavy atom. The number of benzene rings is 1. The predicted octanol–water partition coefficient (Wildman–Crippen LogP) is 4.34. The van der Waals surface area contributed by atoms with E-state index in [0.29, 0.717) is 9.92 Å². The van der Waals surface area contributed by atoms with Gasteiger partial charge in [0.2, 0.25) is 0 Å². The summed E-state index contributed by atoms with van der Waals surface area (Å²) in [6, 6.07) is 8.25. The minimum Gasteiger partial charge on any atom is -0.294 e. The lowest BCUT2D eigenvalue weighted by atomic mass is 10.1. The van der Waals surface area contributed by atoms with Crippen LogP contribution in [0.3, 0.4) is 0 Å². The van der Waals surface area contributed by atoms with Gasteiger partial charge in [-0.25, -0.2) is 9.37 Å². The van der Waals surface area contributed by atoms with Crippen LogP contribution in [0.5, 0.6) is 0 Å². The van der Waals surface area contributed by atoms with Gasteiger partial charge in [0, 0.05) is 15.6 Å². The fourth-order valence-corrected chi connectivity index (χ4v) is 2.66. The van der Waals surface area contributed by atoms with Crippen LogP contribution < -0.4 is 0 Å². The van der Waals surface area contributed by atoms with Crippen molar-refractivity contribution < 1.29 is 9.18 Å². The second kappa shape index (κ2) is 5.63. The van der Waals surface area contributed by atoms with Gasteiger partial charge >= 0.3 is 0 Å². The molecule has 18 heavy (non-hydrogen) atoms. The third-order valence-electron chi connectivity index (χ3n) is 2.24. The highest BCUT2D eigenvalue weighted by Crippen LogP contribution is 2.31. The van der Waals surface area contributed by atoms with Crippen LogP contribution in [0.2, 0.25) is 0 Å². The first-order valence-corrected chi connectivity index (χ1v) is 6.78. The van der Waals surface area contributed by atoms with Crippen molar-refractivity contribution >= 4 is 33.5 Å². The Bertz CT molecular complexity index is 586. The molecule has 2 nitrogen and oxygen atoms in total. The standard InChI is InChI=1S/C13H9BrFNOS/c1-8(17)13-10(15)3-2-4-11(13)18-12-6-5-9(14)7-16-12/h2-7H,1H3. The van der Waals surface area contributed by atoms with E-state index in [-0.39, 0.29) is 11.3 Å². The molecule has 0 aliphatic carbocycles. The van der Waals surface area contributed by atoms with Gasteiger partial charge in [0.05, 0.1) is 5.56 Å². The number of pyridine rings is 1. The minimum atomic E-state index is -0.496. The SMILES string of the molecule is CC(=O)c1c(F)cccc1Sc1ccc(Br)cn1. The smallest absolute Gasteiger partial charge is 0.163 e. The maximum atomic E-state index is 13.6. The lowest BCUT2D eigenvalue weighted by Crippen LogP contribution is -1.99. The van der Waals surface area contributed by atoms with E-state index in [0.717, 1.165) is 4.47 Å². The van der Waals surface area contributed by atoms with Crippen molar-refractivity contribution in [3.05, 3.63) is 52.4 Å². The van der Waals surface area contributed by atoms with Gasteiger partial charge in [-0.2, -0.15) is 0 Å².